The summed E-state index contributed by atoms with van der Waals surface area (Å²) in [4.78, 5) is 29.4. The third kappa shape index (κ3) is 4.79. The number of rotatable bonds is 0. The quantitative estimate of drug-likeness (QED) is 0.587. The van der Waals surface area contributed by atoms with Gasteiger partial charge in [0.05, 0.1) is 18.0 Å². The standard InChI is InChI=1S/C23H32N6OS/c1-22(2,3)17-9-8-16-20(26-17)29-14-15(11-23(29,4)5)7-6-10-25-18-12-24-13-19(27-18)31-28-21(16)30/h8-9,12-13,15H,6-7,10-11,14H2,1-5H3,(H,25,27)(H,28,30). The molecule has 1 unspecified atom stereocenters. The summed E-state index contributed by atoms with van der Waals surface area (Å²) >= 11 is 1.18. The van der Waals surface area contributed by atoms with E-state index in [1.54, 1.807) is 12.4 Å². The van der Waals surface area contributed by atoms with E-state index in [1.807, 2.05) is 12.1 Å². The van der Waals surface area contributed by atoms with Gasteiger partial charge in [0.25, 0.3) is 5.91 Å². The summed E-state index contributed by atoms with van der Waals surface area (Å²) in [6.07, 6.45) is 6.64. The molecule has 0 aromatic carbocycles. The minimum absolute atomic E-state index is 0.0589. The molecule has 2 aliphatic rings. The van der Waals surface area contributed by atoms with Crippen molar-refractivity contribution in [2.24, 2.45) is 5.92 Å². The summed E-state index contributed by atoms with van der Waals surface area (Å²) < 4.78 is 2.94. The number of hydrogen-bond acceptors (Lipinski definition) is 7. The van der Waals surface area contributed by atoms with E-state index in [9.17, 15) is 4.79 Å². The third-order valence-corrected chi connectivity index (χ3v) is 6.75. The highest BCUT2D eigenvalue weighted by Gasteiger charge is 2.40. The summed E-state index contributed by atoms with van der Waals surface area (Å²) in [6, 6.07) is 3.89. The Hall–Kier alpha value is -2.35. The Bertz CT molecular complexity index is 971. The first-order chi connectivity index (χ1) is 14.6. The van der Waals surface area contributed by atoms with E-state index < -0.39 is 0 Å². The van der Waals surface area contributed by atoms with E-state index in [0.717, 1.165) is 49.7 Å². The highest BCUT2D eigenvalue weighted by molar-refractivity contribution is 7.97. The minimum atomic E-state index is -0.165. The Kier molecular flexibility index (Phi) is 5.85. The number of nitrogens with one attached hydrogen (secondary N) is 2. The maximum Gasteiger partial charge on any atom is 0.265 e. The molecule has 31 heavy (non-hydrogen) atoms. The Labute approximate surface area is 189 Å². The highest BCUT2D eigenvalue weighted by Crippen LogP contribution is 2.40. The molecule has 4 heterocycles. The van der Waals surface area contributed by atoms with E-state index in [0.29, 0.717) is 16.5 Å². The Morgan fingerprint density at radius 1 is 1.19 bits per heavy atom. The SMILES string of the molecule is CC(C)(C)c1ccc2c(n1)N1CC(CCCNc3cncc(n3)SNC2=O)CC1(C)C. The number of carbonyl (C=O) groups excluding carboxylic acids is 1. The first-order valence-electron chi connectivity index (χ1n) is 11.0. The van der Waals surface area contributed by atoms with Gasteiger partial charge in [-0.3, -0.25) is 14.5 Å². The van der Waals surface area contributed by atoms with Gasteiger partial charge in [-0.2, -0.15) is 0 Å². The molecule has 0 spiro atoms. The minimum Gasteiger partial charge on any atom is -0.369 e. The monoisotopic (exact) mass is 440 g/mol. The first-order valence-corrected chi connectivity index (χ1v) is 11.8. The number of anilines is 2. The van der Waals surface area contributed by atoms with Gasteiger partial charge in [0.1, 0.15) is 16.7 Å². The average molecular weight is 441 g/mol. The molecule has 0 aliphatic carbocycles. The molecule has 1 amide bonds. The largest absolute Gasteiger partial charge is 0.369 e. The van der Waals surface area contributed by atoms with Gasteiger partial charge < -0.3 is 10.2 Å². The zero-order valence-corrected chi connectivity index (χ0v) is 19.8. The van der Waals surface area contributed by atoms with Crippen LogP contribution in [0.5, 0.6) is 0 Å². The zero-order valence-electron chi connectivity index (χ0n) is 19.0. The van der Waals surface area contributed by atoms with Crippen LogP contribution in [0, 0.1) is 5.92 Å². The molecule has 2 aromatic heterocycles. The molecule has 1 saturated heterocycles. The van der Waals surface area contributed by atoms with Crippen molar-refractivity contribution >= 4 is 29.5 Å². The Balaban J connectivity index is 1.75. The van der Waals surface area contributed by atoms with Crippen LogP contribution < -0.4 is 14.9 Å². The van der Waals surface area contributed by atoms with Crippen molar-refractivity contribution in [2.75, 3.05) is 23.3 Å². The third-order valence-electron chi connectivity index (χ3n) is 6.06. The van der Waals surface area contributed by atoms with Gasteiger partial charge in [-0.15, -0.1) is 0 Å². The molecule has 8 heteroatoms. The van der Waals surface area contributed by atoms with Crippen molar-refractivity contribution in [3.63, 3.8) is 0 Å². The molecular weight excluding hydrogens is 408 g/mol. The number of amides is 1. The van der Waals surface area contributed by atoms with E-state index in [1.165, 1.54) is 11.9 Å². The molecule has 4 bridgehead atoms. The number of aromatic nitrogens is 3. The molecule has 166 valence electrons. The second kappa shape index (κ2) is 8.30. The highest BCUT2D eigenvalue weighted by atomic mass is 32.2. The molecular formula is C23H32N6OS. The maximum absolute atomic E-state index is 13.2. The van der Waals surface area contributed by atoms with Crippen molar-refractivity contribution < 1.29 is 4.79 Å². The summed E-state index contributed by atoms with van der Waals surface area (Å²) in [5, 5.41) is 4.01. The fraction of sp³-hybridized carbons (Fsp3) is 0.565. The molecule has 2 aliphatic heterocycles. The molecule has 0 radical (unpaired) electrons. The normalized spacial score (nSPS) is 21.4. The second-order valence-electron chi connectivity index (χ2n) is 10.2. The average Bonchev–Trinajstić information content (AvgIpc) is 3.02. The number of pyridine rings is 1. The van der Waals surface area contributed by atoms with Crippen molar-refractivity contribution in [3.8, 4) is 0 Å². The van der Waals surface area contributed by atoms with Crippen LogP contribution in [0.4, 0.5) is 11.6 Å². The van der Waals surface area contributed by atoms with Crippen LogP contribution in [-0.2, 0) is 5.41 Å². The molecule has 1 fully saturated rings. The first kappa shape index (κ1) is 21.9. The van der Waals surface area contributed by atoms with Gasteiger partial charge in [-0.25, -0.2) is 9.97 Å². The molecule has 7 nitrogen and oxygen atoms in total. The zero-order chi connectivity index (χ0) is 22.2. The van der Waals surface area contributed by atoms with Gasteiger partial charge in [-0.1, -0.05) is 20.8 Å². The number of hydrogen-bond donors (Lipinski definition) is 2. The molecule has 0 saturated carbocycles. The van der Waals surface area contributed by atoms with Gasteiger partial charge in [0.2, 0.25) is 0 Å². The van der Waals surface area contributed by atoms with E-state index in [2.05, 4.69) is 59.5 Å². The van der Waals surface area contributed by atoms with Gasteiger partial charge in [0.15, 0.2) is 0 Å². The summed E-state index contributed by atoms with van der Waals surface area (Å²) in [5.74, 6) is 1.91. The van der Waals surface area contributed by atoms with Crippen molar-refractivity contribution in [1.82, 2.24) is 19.7 Å². The molecule has 2 N–H and O–H groups in total. The van der Waals surface area contributed by atoms with Crippen molar-refractivity contribution in [3.05, 3.63) is 35.8 Å². The van der Waals surface area contributed by atoms with Gasteiger partial charge in [0, 0.05) is 41.7 Å². The van der Waals surface area contributed by atoms with E-state index in [-0.39, 0.29) is 16.9 Å². The van der Waals surface area contributed by atoms with E-state index >= 15 is 0 Å². The van der Waals surface area contributed by atoms with Crippen LogP contribution in [0.15, 0.2) is 29.6 Å². The summed E-state index contributed by atoms with van der Waals surface area (Å²) in [6.45, 7) is 12.7. The fourth-order valence-corrected chi connectivity index (χ4v) is 5.01. The van der Waals surface area contributed by atoms with E-state index in [4.69, 9.17) is 4.98 Å². The summed E-state index contributed by atoms with van der Waals surface area (Å²) in [5.41, 5.74) is 1.44. The number of nitrogens with zero attached hydrogens (tertiary/aromatic N) is 4. The Morgan fingerprint density at radius 2 is 2.00 bits per heavy atom. The van der Waals surface area contributed by atoms with Crippen molar-refractivity contribution in [2.45, 2.75) is 69.9 Å². The second-order valence-corrected chi connectivity index (χ2v) is 11.0. The van der Waals surface area contributed by atoms with Crippen LogP contribution in [0.2, 0.25) is 0 Å². The lowest BCUT2D eigenvalue weighted by atomic mass is 9.91. The molecule has 1 atom stereocenters. The fourth-order valence-electron chi connectivity index (χ4n) is 4.45. The number of fused-ring (bicyclic) bond motifs is 6. The summed E-state index contributed by atoms with van der Waals surface area (Å²) in [7, 11) is 0. The molecule has 4 rings (SSSR count). The predicted octanol–water partition coefficient (Wildman–Crippen LogP) is 4.42. The van der Waals surface area contributed by atoms with Crippen LogP contribution >= 0.6 is 11.9 Å². The lowest BCUT2D eigenvalue weighted by Gasteiger charge is -2.34. The lowest BCUT2D eigenvalue weighted by molar-refractivity contribution is 0.0984. The van der Waals surface area contributed by atoms with Gasteiger partial charge >= 0.3 is 0 Å². The van der Waals surface area contributed by atoms with Crippen LogP contribution in [0.25, 0.3) is 0 Å². The maximum atomic E-state index is 13.2. The van der Waals surface area contributed by atoms with Crippen LogP contribution in [0.3, 0.4) is 0 Å². The number of carbonyl (C=O) groups is 1. The Morgan fingerprint density at radius 3 is 2.77 bits per heavy atom. The topological polar surface area (TPSA) is 83.0 Å². The van der Waals surface area contributed by atoms with Crippen LogP contribution in [-0.4, -0.2) is 39.5 Å². The van der Waals surface area contributed by atoms with Gasteiger partial charge in [-0.05, 0) is 51.2 Å². The smallest absolute Gasteiger partial charge is 0.265 e. The molecule has 2 aromatic rings. The van der Waals surface area contributed by atoms with Crippen molar-refractivity contribution in [1.29, 1.82) is 0 Å². The van der Waals surface area contributed by atoms with Crippen LogP contribution in [0.1, 0.15) is 69.9 Å². The predicted molar refractivity (Wildman–Crippen MR) is 126 cm³/mol. The lowest BCUT2D eigenvalue weighted by Crippen LogP contribution is -2.40.